The van der Waals surface area contributed by atoms with Crippen molar-refractivity contribution in [2.75, 3.05) is 7.11 Å². The van der Waals surface area contributed by atoms with Gasteiger partial charge in [0.25, 0.3) is 0 Å². The van der Waals surface area contributed by atoms with Crippen LogP contribution in [-0.4, -0.2) is 18.9 Å². The number of hydrogen-bond acceptors (Lipinski definition) is 3. The molecule has 0 radical (unpaired) electrons. The van der Waals surface area contributed by atoms with Gasteiger partial charge in [0.2, 0.25) is 0 Å². The minimum atomic E-state index is -1.34. The molecule has 0 N–H and O–H groups in total. The zero-order valence-corrected chi connectivity index (χ0v) is 17.2. The average molecular weight is 396 g/mol. The molecule has 150 valence electrons. The van der Waals surface area contributed by atoms with Gasteiger partial charge in [0.15, 0.2) is 11.2 Å². The predicted octanol–water partition coefficient (Wildman–Crippen LogP) is 5.11. The molecule has 1 fully saturated rings. The molecule has 0 spiro atoms. The van der Waals surface area contributed by atoms with E-state index in [9.17, 15) is 9.59 Å². The van der Waals surface area contributed by atoms with Crippen molar-refractivity contribution >= 4 is 22.9 Å². The Morgan fingerprint density at radius 3 is 1.97 bits per heavy atom. The minimum Gasteiger partial charge on any atom is -0.468 e. The highest BCUT2D eigenvalue weighted by atomic mass is 16.5. The second-order valence-electron chi connectivity index (χ2n) is 8.53. The van der Waals surface area contributed by atoms with Gasteiger partial charge in [-0.25, -0.2) is 0 Å². The molecule has 3 nitrogen and oxygen atoms in total. The number of ketones is 1. The Morgan fingerprint density at radius 1 is 0.867 bits per heavy atom. The highest BCUT2D eigenvalue weighted by Crippen LogP contribution is 2.69. The van der Waals surface area contributed by atoms with Crippen LogP contribution in [0.2, 0.25) is 0 Å². The third-order valence-corrected chi connectivity index (χ3v) is 7.23. The number of esters is 1. The van der Waals surface area contributed by atoms with E-state index in [2.05, 4.69) is 6.08 Å². The normalized spacial score (nSPS) is 31.6. The van der Waals surface area contributed by atoms with Crippen LogP contribution >= 0.6 is 0 Å². The fourth-order valence-corrected chi connectivity index (χ4v) is 5.91. The van der Waals surface area contributed by atoms with Crippen LogP contribution in [0.15, 0.2) is 85.0 Å². The van der Waals surface area contributed by atoms with Crippen LogP contribution < -0.4 is 0 Å². The number of methoxy groups -OCH3 is 1. The lowest BCUT2D eigenvalue weighted by Gasteiger charge is -2.45. The van der Waals surface area contributed by atoms with Crippen molar-refractivity contribution in [3.63, 3.8) is 0 Å². The fraction of sp³-hybridized carbons (Fsp3) is 0.259. The van der Waals surface area contributed by atoms with Crippen molar-refractivity contribution in [1.82, 2.24) is 0 Å². The monoisotopic (exact) mass is 396 g/mol. The maximum atomic E-state index is 14.4. The number of hydrogen-bond donors (Lipinski definition) is 0. The van der Waals surface area contributed by atoms with Crippen LogP contribution in [0.4, 0.5) is 0 Å². The van der Waals surface area contributed by atoms with Gasteiger partial charge in [0.05, 0.1) is 12.5 Å². The van der Waals surface area contributed by atoms with Gasteiger partial charge >= 0.3 is 5.97 Å². The van der Waals surface area contributed by atoms with Crippen LogP contribution in [0.1, 0.15) is 24.5 Å². The smallest absolute Gasteiger partial charge is 0.324 e. The molecule has 3 aliphatic carbocycles. The predicted molar refractivity (Wildman–Crippen MR) is 117 cm³/mol. The van der Waals surface area contributed by atoms with Gasteiger partial charge < -0.3 is 4.74 Å². The maximum Gasteiger partial charge on any atom is 0.324 e. The summed E-state index contributed by atoms with van der Waals surface area (Å²) in [6, 6.07) is 19.9. The number of fused-ring (bicyclic) bond motifs is 6. The number of carbonyl (C=O) groups is 2. The second-order valence-corrected chi connectivity index (χ2v) is 8.53. The minimum absolute atomic E-state index is 0.0131. The lowest BCUT2D eigenvalue weighted by Crippen LogP contribution is -2.54. The molecule has 0 unspecified atom stereocenters. The highest BCUT2D eigenvalue weighted by Gasteiger charge is 2.71. The van der Waals surface area contributed by atoms with E-state index in [1.165, 1.54) is 7.11 Å². The molecule has 3 aliphatic rings. The summed E-state index contributed by atoms with van der Waals surface area (Å²) in [4.78, 5) is 27.9. The first-order chi connectivity index (χ1) is 14.6. The SMILES string of the molecule is COC(=O)[C@]12C(=O)[C@](C)(C(c3ccccc3)=C1c1ccccc1)[C@@H]1C=CC=C[C@H]2C1. The van der Waals surface area contributed by atoms with Crippen molar-refractivity contribution in [1.29, 1.82) is 0 Å². The first-order valence-electron chi connectivity index (χ1n) is 10.4. The van der Waals surface area contributed by atoms with E-state index in [0.717, 1.165) is 28.7 Å². The number of allylic oxidation sites excluding steroid dienone is 5. The molecule has 0 aromatic heterocycles. The molecular weight excluding hydrogens is 372 g/mol. The summed E-state index contributed by atoms with van der Waals surface area (Å²) >= 11 is 0. The molecule has 30 heavy (non-hydrogen) atoms. The number of benzene rings is 2. The number of ether oxygens (including phenoxy) is 1. The van der Waals surface area contributed by atoms with Gasteiger partial charge in [0, 0.05) is 5.92 Å². The van der Waals surface area contributed by atoms with Crippen molar-refractivity contribution in [3.05, 3.63) is 96.1 Å². The lowest BCUT2D eigenvalue weighted by molar-refractivity contribution is -0.161. The Kier molecular flexibility index (Phi) is 4.18. The maximum absolute atomic E-state index is 14.4. The fourth-order valence-electron chi connectivity index (χ4n) is 5.91. The Bertz CT molecular complexity index is 1110. The van der Waals surface area contributed by atoms with Crippen LogP contribution in [0.25, 0.3) is 11.1 Å². The molecule has 2 aromatic rings. The summed E-state index contributed by atoms with van der Waals surface area (Å²) < 4.78 is 5.35. The quantitative estimate of drug-likeness (QED) is 0.535. The molecule has 4 atom stereocenters. The van der Waals surface area contributed by atoms with Crippen LogP contribution in [-0.2, 0) is 14.3 Å². The molecule has 2 aromatic carbocycles. The molecule has 0 heterocycles. The van der Waals surface area contributed by atoms with Crippen LogP contribution in [0.5, 0.6) is 0 Å². The molecule has 1 saturated carbocycles. The third-order valence-electron chi connectivity index (χ3n) is 7.23. The van der Waals surface area contributed by atoms with E-state index in [-0.39, 0.29) is 17.6 Å². The van der Waals surface area contributed by atoms with E-state index in [1.54, 1.807) is 0 Å². The zero-order chi connectivity index (χ0) is 20.9. The molecule has 0 saturated heterocycles. The molecule has 0 aliphatic heterocycles. The average Bonchev–Trinajstić information content (AvgIpc) is 2.96. The first kappa shape index (κ1) is 18.8. The third kappa shape index (κ3) is 2.21. The van der Waals surface area contributed by atoms with Gasteiger partial charge in [-0.3, -0.25) is 9.59 Å². The number of rotatable bonds is 3. The van der Waals surface area contributed by atoms with Crippen molar-refractivity contribution in [2.45, 2.75) is 13.3 Å². The van der Waals surface area contributed by atoms with Crippen LogP contribution in [0.3, 0.4) is 0 Å². The van der Waals surface area contributed by atoms with Gasteiger partial charge in [-0.05, 0) is 41.5 Å². The first-order valence-corrected chi connectivity index (χ1v) is 10.4. The Hall–Kier alpha value is -3.20. The van der Waals surface area contributed by atoms with E-state index in [1.807, 2.05) is 85.8 Å². The Balaban J connectivity index is 1.96. The summed E-state index contributed by atoms with van der Waals surface area (Å²) in [5.41, 5.74) is 1.51. The topological polar surface area (TPSA) is 43.4 Å². The number of Topliss-reactive ketones (excluding diaryl/α,β-unsaturated/α-hetero) is 1. The molecule has 4 bridgehead atoms. The lowest BCUT2D eigenvalue weighted by atomic mass is 9.55. The van der Waals surface area contributed by atoms with Crippen molar-refractivity contribution < 1.29 is 14.3 Å². The largest absolute Gasteiger partial charge is 0.468 e. The standard InChI is InChI=1S/C27H24O3/c1-26-20-15-9-10-16-21(17-20)27(24(26)28,25(29)30-2)23(19-13-7-4-8-14-19)22(26)18-11-5-3-6-12-18/h3-16,20-21H,17H2,1-2H3/t20-,21+,26+,27+/m1/s1. The Morgan fingerprint density at radius 2 is 1.40 bits per heavy atom. The van der Waals surface area contributed by atoms with Crippen molar-refractivity contribution in [3.8, 4) is 0 Å². The van der Waals surface area contributed by atoms with E-state index in [4.69, 9.17) is 4.74 Å². The highest BCUT2D eigenvalue weighted by molar-refractivity contribution is 6.30. The summed E-state index contributed by atoms with van der Waals surface area (Å²) in [6.45, 7) is 2.02. The molecule has 3 heteroatoms. The van der Waals surface area contributed by atoms with Crippen molar-refractivity contribution in [2.24, 2.45) is 22.7 Å². The van der Waals surface area contributed by atoms with E-state index >= 15 is 0 Å². The second kappa shape index (κ2) is 6.66. The number of carbonyl (C=O) groups excluding carboxylic acids is 2. The summed E-state index contributed by atoms with van der Waals surface area (Å²) in [7, 11) is 1.38. The van der Waals surface area contributed by atoms with Gasteiger partial charge in [-0.1, -0.05) is 85.0 Å². The van der Waals surface area contributed by atoms with Gasteiger partial charge in [-0.2, -0.15) is 0 Å². The summed E-state index contributed by atoms with van der Waals surface area (Å²) in [5.74, 6) is -0.739. The van der Waals surface area contributed by atoms with Gasteiger partial charge in [0.1, 0.15) is 0 Å². The summed E-state index contributed by atoms with van der Waals surface area (Å²) in [6.07, 6.45) is 8.86. The van der Waals surface area contributed by atoms with E-state index in [0.29, 0.717) is 0 Å². The van der Waals surface area contributed by atoms with Gasteiger partial charge in [-0.15, -0.1) is 0 Å². The van der Waals surface area contributed by atoms with E-state index < -0.39 is 16.8 Å². The summed E-state index contributed by atoms with van der Waals surface area (Å²) in [5, 5.41) is 0. The molecular formula is C27H24O3. The Labute approximate surface area is 176 Å². The molecule has 5 rings (SSSR count). The zero-order valence-electron chi connectivity index (χ0n) is 17.2. The molecule has 0 amide bonds. The van der Waals surface area contributed by atoms with Crippen LogP contribution in [0, 0.1) is 22.7 Å².